The van der Waals surface area contributed by atoms with Gasteiger partial charge in [0.15, 0.2) is 0 Å². The van der Waals surface area contributed by atoms with Crippen LogP contribution in [-0.4, -0.2) is 365 Å². The number of aliphatic carboxylic acids is 1. The lowest BCUT2D eigenvalue weighted by molar-refractivity contribution is -0.149. The average molecular weight is 2100 g/mol. The number of primary amides is 2. The second-order valence-corrected chi connectivity index (χ2v) is 43.1. The topological polar surface area (TPSA) is 676 Å². The zero-order chi connectivity index (χ0) is 108. The number of hydrogen-bond acceptors (Lipinski definition) is 25. The Morgan fingerprint density at radius 3 is 1.70 bits per heavy atom. The highest BCUT2D eigenvalue weighted by atomic mass is 32.2. The van der Waals surface area contributed by atoms with Crippen molar-refractivity contribution in [2.45, 2.75) is 248 Å². The van der Waals surface area contributed by atoms with Crippen molar-refractivity contribution in [3.63, 3.8) is 0 Å². The number of nitrogens with zero attached hydrogens (tertiary/aromatic N) is 8. The van der Waals surface area contributed by atoms with E-state index in [0.29, 0.717) is 52.2 Å². The second kappa shape index (κ2) is 54.5. The van der Waals surface area contributed by atoms with E-state index < -0.39 is 300 Å². The van der Waals surface area contributed by atoms with E-state index in [0.717, 1.165) is 59.0 Å². The van der Waals surface area contributed by atoms with Gasteiger partial charge in [0, 0.05) is 141 Å². The van der Waals surface area contributed by atoms with Crippen LogP contribution in [0.25, 0.3) is 21.8 Å². The van der Waals surface area contributed by atoms with Gasteiger partial charge < -0.3 is 114 Å². The smallest absolute Gasteiger partial charge is 0.323 e. The molecule has 3 aliphatic heterocycles. The Kier molecular flexibility index (Phi) is 44.1. The predicted molar refractivity (Wildman–Crippen MR) is 538 cm³/mol. The number of nitrogens with two attached hydrogens (primary N) is 2. The second-order valence-electron chi connectivity index (χ2n) is 38.1. The number of H-pyrrole nitrogens is 1. The Bertz CT molecular complexity index is 5760. The molecule has 3 saturated heterocycles. The SMILES string of the molecule is CCCC[C@H]1C(=O)N(C)[C@@H](CCCC)C(=O)N[C@@H](CC(C)C)C(=O)N[C@H](C(=O)NCC(N)=O)CSCC(=O)N[C@@H](Cc2ccc(O)cc2)C(=O)N(C)[C@@H](C)C(=O)N[C@@H](CC(N)=O)C(=O)N2CCC[C@H]2C(=O)N[C@@H](CNS(=O)(=O)N(C)C)C(=O)N[C@@H](CC(C)C)C(=O)N2C[C@H](O)C[C@H]2C(=O)N[C@@H](Cc2c[nH]c3ccccc23)C(=O)N[C@@H](CCNS(=O)(=O)N(C)C)C(=O)N[C@@H](Cc2cn(CC(=O)O)c3ccccc23)C(=O)N1C. The molecule has 0 spiro atoms. The number of phenols is 1. The highest BCUT2D eigenvalue weighted by molar-refractivity contribution is 8.00. The maximum absolute atomic E-state index is 16.2. The van der Waals surface area contributed by atoms with Crippen molar-refractivity contribution in [3.8, 4) is 5.75 Å². The Hall–Kier alpha value is -13.0. The van der Waals surface area contributed by atoms with Crippen LogP contribution in [0.15, 0.2) is 85.2 Å². The van der Waals surface area contributed by atoms with Crippen molar-refractivity contribution in [1.29, 1.82) is 0 Å². The number of aliphatic hydroxyl groups excluding tert-OH is 1. The summed E-state index contributed by atoms with van der Waals surface area (Å²) >= 11 is 0.752. The van der Waals surface area contributed by atoms with Gasteiger partial charge in [-0.1, -0.05) is 116 Å². The van der Waals surface area contributed by atoms with Crippen LogP contribution in [0.1, 0.15) is 149 Å². The molecular formula is C95H141N23O25S3. The quantitative estimate of drug-likeness (QED) is 0.0200. The van der Waals surface area contributed by atoms with Crippen LogP contribution in [0.2, 0.25) is 0 Å². The number of thioether (sulfide) groups is 1. The summed E-state index contributed by atoms with van der Waals surface area (Å²) in [4.78, 5) is 274. The molecule has 51 heteroatoms. The third kappa shape index (κ3) is 33.3. The number of carbonyl (C=O) groups excluding carboxylic acids is 17. The van der Waals surface area contributed by atoms with E-state index in [1.807, 2.05) is 6.92 Å². The van der Waals surface area contributed by atoms with E-state index >= 15 is 38.4 Å². The molecule has 0 radical (unpaired) electrons. The lowest BCUT2D eigenvalue weighted by Gasteiger charge is -2.36. The number of aliphatic hydroxyl groups is 1. The minimum absolute atomic E-state index is 0.0494. The monoisotopic (exact) mass is 2100 g/mol. The van der Waals surface area contributed by atoms with Crippen molar-refractivity contribution in [2.24, 2.45) is 23.3 Å². The van der Waals surface area contributed by atoms with Crippen molar-refractivity contribution in [3.05, 3.63) is 102 Å². The zero-order valence-electron chi connectivity index (χ0n) is 84.6. The highest BCUT2D eigenvalue weighted by Gasteiger charge is 2.47. The standard InChI is InChI=1S/C95H141N23O25S3/c1-15-17-27-74-88(132)104-65(38-53(3)4)85(129)110-72(83(127)99-47-79(97)122)51-144-52-80(123)102-68(40-56-31-33-59(119)34-32-56)91(135)113(12)55(7)82(126)106-70(44-78(96)121)93(137)117-37-23-30-75(117)89(133)109-71(46-101-146(142,143)112(10)11)87(131)107-67(39-54(5)6)94(138)118-49-60(120)43-77(118)90(134)105-66(41-57-45-98-63-26-21-19-24-61(57)63)86(130)103-64(35-36-100-145(140,141)111(8)9)84(128)108-69(92(136)115(14)76(28-18-16-2)95(139)114(74)13)42-58-48-116(50-81(124)125)73-29-22-20-25-62(58)73/h19-22,24-26,29,31-34,45,48,53-55,60,64-72,74-77,98,100-101,119-120H,15-18,23,27-28,30,35-44,46-47,49-52H2,1-14H3,(H2,96,121)(H2,97,122)(H,99,127)(H,102,123)(H,103,130)(H,104,132)(H,105,134)(H,106,126)(H,107,131)(H,108,128)(H,109,133)(H,110,129)(H,124,125)/t55-,60+,64-,65-,66-,67-,68-,69-,70-,71-,72-,74-,75-,76-,77-/m0/s1. The number of phenolic OH excluding ortho intramolecular Hbond substituents is 1. The Morgan fingerprint density at radius 2 is 1.07 bits per heavy atom. The van der Waals surface area contributed by atoms with Gasteiger partial charge >= 0.3 is 5.97 Å². The number of nitrogens with one attached hydrogen (secondary N) is 13. The maximum atomic E-state index is 16.2. The molecule has 2 aromatic heterocycles. The van der Waals surface area contributed by atoms with E-state index in [-0.39, 0.29) is 75.1 Å². The number of para-hydroxylation sites is 2. The first kappa shape index (κ1) is 118. The van der Waals surface area contributed by atoms with E-state index in [1.165, 1.54) is 77.2 Å². The van der Waals surface area contributed by atoms with Gasteiger partial charge in [0.05, 0.1) is 24.8 Å². The molecule has 20 N–H and O–H groups in total. The van der Waals surface area contributed by atoms with E-state index in [1.54, 1.807) is 89.3 Å². The summed E-state index contributed by atoms with van der Waals surface area (Å²) in [6, 6.07) is -4.63. The van der Waals surface area contributed by atoms with Crippen LogP contribution in [0.4, 0.5) is 0 Å². The summed E-state index contributed by atoms with van der Waals surface area (Å²) in [5.41, 5.74) is 13.1. The molecule has 3 aliphatic rings. The van der Waals surface area contributed by atoms with E-state index in [4.69, 9.17) is 11.5 Å². The van der Waals surface area contributed by atoms with E-state index in [9.17, 15) is 80.1 Å². The van der Waals surface area contributed by atoms with Crippen LogP contribution in [0, 0.1) is 11.8 Å². The molecule has 8 rings (SSSR count). The molecule has 146 heavy (non-hydrogen) atoms. The molecule has 3 aromatic carbocycles. The van der Waals surface area contributed by atoms with Crippen molar-refractivity contribution < 1.29 is 118 Å². The van der Waals surface area contributed by atoms with Gasteiger partial charge in [0.25, 0.3) is 20.4 Å². The number of aromatic hydroxyl groups is 1. The molecule has 48 nitrogen and oxygen atoms in total. The average Bonchev–Trinajstić information content (AvgIpc) is 1.64. The van der Waals surface area contributed by atoms with Crippen LogP contribution in [0.5, 0.6) is 5.75 Å². The Labute approximate surface area is 852 Å². The van der Waals surface area contributed by atoms with Crippen LogP contribution in [0.3, 0.4) is 0 Å². The molecule has 0 bridgehead atoms. The molecule has 17 amide bonds. The molecule has 804 valence electrons. The fourth-order valence-corrected chi connectivity index (χ4v) is 19.5. The van der Waals surface area contributed by atoms with Gasteiger partial charge in [-0.05, 0) is 105 Å². The number of aromatic amines is 1. The number of likely N-dealkylation sites (N-methyl/N-ethyl adjacent to an activating group) is 3. The largest absolute Gasteiger partial charge is 0.508 e. The summed E-state index contributed by atoms with van der Waals surface area (Å²) in [5.74, 6) is -20.8. The fraction of sp³-hybridized carbons (Fsp3) is 0.579. The Morgan fingerprint density at radius 1 is 0.541 bits per heavy atom. The van der Waals surface area contributed by atoms with Crippen molar-refractivity contribution in [1.82, 2.24) is 105 Å². The predicted octanol–water partition coefficient (Wildman–Crippen LogP) is -3.36. The number of amides is 17. The first-order valence-electron chi connectivity index (χ1n) is 48.5. The number of fused-ring (bicyclic) bond motifs is 4. The molecule has 0 saturated carbocycles. The maximum Gasteiger partial charge on any atom is 0.323 e. The summed E-state index contributed by atoms with van der Waals surface area (Å²) < 4.78 is 61.6. The summed E-state index contributed by atoms with van der Waals surface area (Å²) in [5, 5.41) is 59.1. The summed E-state index contributed by atoms with van der Waals surface area (Å²) in [6.07, 6.45) is -0.883. The van der Waals surface area contributed by atoms with Crippen LogP contribution < -0.4 is 74.1 Å². The molecule has 15 atom stereocenters. The van der Waals surface area contributed by atoms with Crippen LogP contribution >= 0.6 is 11.8 Å². The molecule has 5 aromatic rings. The number of hydrogen-bond donors (Lipinski definition) is 18. The number of rotatable bonds is 32. The minimum Gasteiger partial charge on any atom is -0.508 e. The first-order valence-corrected chi connectivity index (χ1v) is 52.5. The van der Waals surface area contributed by atoms with Gasteiger partial charge in [0.2, 0.25) is 100 Å². The fourth-order valence-electron chi connectivity index (χ4n) is 17.4. The first-order chi connectivity index (χ1) is 68.8. The lowest BCUT2D eigenvalue weighted by Crippen LogP contribution is -2.62. The zero-order valence-corrected chi connectivity index (χ0v) is 87.1. The lowest BCUT2D eigenvalue weighted by atomic mass is 9.99. The van der Waals surface area contributed by atoms with Gasteiger partial charge in [0.1, 0.15) is 96.9 Å². The van der Waals surface area contributed by atoms with Gasteiger partial charge in [-0.3, -0.25) is 86.3 Å². The van der Waals surface area contributed by atoms with Crippen molar-refractivity contribution >= 4 is 160 Å². The number of unbranched alkanes of at least 4 members (excludes halogenated alkanes) is 2. The molecule has 5 heterocycles. The number of carbonyl (C=O) groups is 18. The summed E-state index contributed by atoms with van der Waals surface area (Å²) in [6.45, 7) is 7.93. The number of carboxylic acid groups (broad SMARTS) is 1. The van der Waals surface area contributed by atoms with Gasteiger partial charge in [-0.2, -0.15) is 30.2 Å². The summed E-state index contributed by atoms with van der Waals surface area (Å²) in [7, 11) is -0.298. The number of benzene rings is 3. The normalized spacial score (nSPS) is 24.2. The van der Waals surface area contributed by atoms with Crippen LogP contribution in [-0.2, 0) is 133 Å². The number of aromatic nitrogens is 2. The Balaban J connectivity index is 1.27. The molecule has 0 unspecified atom stereocenters. The van der Waals surface area contributed by atoms with E-state index in [2.05, 4.69) is 67.6 Å². The van der Waals surface area contributed by atoms with Gasteiger partial charge in [-0.25, -0.2) is 4.72 Å². The molecular weight excluding hydrogens is 1960 g/mol. The third-order valence-corrected chi connectivity index (χ3v) is 29.6. The van der Waals surface area contributed by atoms with Gasteiger partial charge in [-0.15, -0.1) is 11.8 Å². The third-order valence-electron chi connectivity index (χ3n) is 25.5. The molecule has 3 fully saturated rings. The molecule has 0 aliphatic carbocycles. The highest BCUT2D eigenvalue weighted by Crippen LogP contribution is 2.29. The minimum atomic E-state index is -4.47. The van der Waals surface area contributed by atoms with Crippen molar-refractivity contribution in [2.75, 3.05) is 93.6 Å². The number of carboxylic acids is 1.